The van der Waals surface area contributed by atoms with E-state index in [9.17, 15) is 18.0 Å². The van der Waals surface area contributed by atoms with E-state index in [0.717, 1.165) is 0 Å². The zero-order valence-corrected chi connectivity index (χ0v) is 14.4. The van der Waals surface area contributed by atoms with Crippen LogP contribution in [-0.2, 0) is 0 Å². The molecule has 0 saturated heterocycles. The number of hydrogen-bond acceptors (Lipinski definition) is 6. The van der Waals surface area contributed by atoms with Crippen LogP contribution < -0.4 is 20.5 Å². The first-order valence-electron chi connectivity index (χ1n) is 8.20. The minimum Gasteiger partial charge on any atom is -0.484 e. The van der Waals surface area contributed by atoms with E-state index in [1.54, 1.807) is 13.1 Å². The van der Waals surface area contributed by atoms with Crippen molar-refractivity contribution in [3.8, 4) is 17.4 Å². The quantitative estimate of drug-likeness (QED) is 0.829. The van der Waals surface area contributed by atoms with E-state index < -0.39 is 12.8 Å². The summed E-state index contributed by atoms with van der Waals surface area (Å²) in [6, 6.07) is 7.13. The maximum absolute atomic E-state index is 12.6. The minimum atomic E-state index is -4.42. The van der Waals surface area contributed by atoms with E-state index >= 15 is 0 Å². The second-order valence-corrected chi connectivity index (χ2v) is 5.71. The van der Waals surface area contributed by atoms with Crippen LogP contribution >= 0.6 is 0 Å². The van der Waals surface area contributed by atoms with E-state index in [1.807, 2.05) is 0 Å². The van der Waals surface area contributed by atoms with Gasteiger partial charge >= 0.3 is 12.2 Å². The molecule has 7 nitrogen and oxygen atoms in total. The van der Waals surface area contributed by atoms with Crippen molar-refractivity contribution in [2.75, 3.05) is 19.8 Å². The van der Waals surface area contributed by atoms with Crippen molar-refractivity contribution in [1.29, 1.82) is 0 Å². The van der Waals surface area contributed by atoms with E-state index in [1.165, 1.54) is 34.9 Å². The molecule has 1 aromatic carbocycles. The Morgan fingerprint density at radius 3 is 2.59 bits per heavy atom. The summed E-state index contributed by atoms with van der Waals surface area (Å²) in [7, 11) is 0. The van der Waals surface area contributed by atoms with Gasteiger partial charge in [-0.1, -0.05) is 0 Å². The average Bonchev–Trinajstić information content (AvgIpc) is 3.15. The minimum absolute atomic E-state index is 0.0416. The highest BCUT2D eigenvalue weighted by molar-refractivity contribution is 5.68. The molecule has 0 spiro atoms. The fourth-order valence-electron chi connectivity index (χ4n) is 2.52. The third-order valence-electron chi connectivity index (χ3n) is 3.72. The summed E-state index contributed by atoms with van der Waals surface area (Å²) in [5, 5.41) is 3.91. The van der Waals surface area contributed by atoms with Crippen molar-refractivity contribution >= 4 is 6.21 Å². The molecule has 1 unspecified atom stereocenters. The molecule has 1 aliphatic heterocycles. The van der Waals surface area contributed by atoms with Gasteiger partial charge in [-0.25, -0.2) is 9.55 Å². The first kappa shape index (κ1) is 18.7. The van der Waals surface area contributed by atoms with Gasteiger partial charge in [-0.2, -0.15) is 18.3 Å². The topological polar surface area (TPSA) is 77.7 Å². The average molecular weight is 382 g/mol. The number of hydrazone groups is 1. The fourth-order valence-corrected chi connectivity index (χ4v) is 2.52. The Morgan fingerprint density at radius 2 is 2.00 bits per heavy atom. The Morgan fingerprint density at radius 1 is 1.26 bits per heavy atom. The SMILES string of the molecule is CCOc1nc(C2C=NNC2)cc(=O)n1-c1ccc(OCC(F)(F)F)cc1. The van der Waals surface area contributed by atoms with E-state index in [2.05, 4.69) is 20.2 Å². The lowest BCUT2D eigenvalue weighted by molar-refractivity contribution is -0.153. The number of aromatic nitrogens is 2. The number of halogens is 3. The summed E-state index contributed by atoms with van der Waals surface area (Å²) in [4.78, 5) is 17.0. The van der Waals surface area contributed by atoms with Gasteiger partial charge in [0.1, 0.15) is 5.75 Å². The number of ether oxygens (including phenoxy) is 2. The summed E-state index contributed by atoms with van der Waals surface area (Å²) >= 11 is 0. The summed E-state index contributed by atoms with van der Waals surface area (Å²) in [5.41, 5.74) is 3.36. The van der Waals surface area contributed by atoms with E-state index in [4.69, 9.17) is 4.74 Å². The molecule has 2 aromatic rings. The van der Waals surface area contributed by atoms with E-state index in [0.29, 0.717) is 24.5 Å². The number of alkyl halides is 3. The summed E-state index contributed by atoms with van der Waals surface area (Å²) in [6.07, 6.45) is -2.76. The van der Waals surface area contributed by atoms with Gasteiger partial charge in [0, 0.05) is 18.8 Å². The molecule has 1 N–H and O–H groups in total. The molecule has 1 atom stereocenters. The van der Waals surface area contributed by atoms with Gasteiger partial charge in [-0.05, 0) is 31.2 Å². The number of rotatable bonds is 6. The standard InChI is InChI=1S/C17H17F3N4O3/c1-2-26-16-23-14(11-8-21-22-9-11)7-15(25)24(16)12-3-5-13(6-4-12)27-10-17(18,19)20/h3-8,11,22H,2,9-10H2,1H3. The van der Waals surface area contributed by atoms with Gasteiger partial charge in [-0.15, -0.1) is 0 Å². The van der Waals surface area contributed by atoms with Crippen molar-refractivity contribution in [3.05, 3.63) is 46.4 Å². The van der Waals surface area contributed by atoms with Crippen LogP contribution in [0.25, 0.3) is 5.69 Å². The van der Waals surface area contributed by atoms with Crippen LogP contribution in [-0.4, -0.2) is 41.7 Å². The molecule has 144 valence electrons. The maximum atomic E-state index is 12.6. The van der Waals surface area contributed by atoms with Gasteiger partial charge in [0.2, 0.25) is 0 Å². The Labute approximate surface area is 152 Å². The number of nitrogens with one attached hydrogen (secondary N) is 1. The molecule has 0 amide bonds. The first-order chi connectivity index (χ1) is 12.9. The van der Waals surface area contributed by atoms with Gasteiger partial charge in [0.05, 0.1) is 23.9 Å². The molecule has 2 heterocycles. The molecule has 3 rings (SSSR count). The number of nitrogens with zero attached hydrogens (tertiary/aromatic N) is 3. The van der Waals surface area contributed by atoms with Gasteiger partial charge < -0.3 is 14.9 Å². The molecular formula is C17H17F3N4O3. The smallest absolute Gasteiger partial charge is 0.422 e. The lowest BCUT2D eigenvalue weighted by atomic mass is 10.1. The van der Waals surface area contributed by atoms with Crippen LogP contribution in [0.1, 0.15) is 18.5 Å². The van der Waals surface area contributed by atoms with Crippen molar-refractivity contribution in [2.45, 2.75) is 19.0 Å². The predicted octanol–water partition coefficient (Wildman–Crippen LogP) is 2.24. The van der Waals surface area contributed by atoms with Crippen molar-refractivity contribution in [2.24, 2.45) is 5.10 Å². The molecule has 0 fully saturated rings. The lowest BCUT2D eigenvalue weighted by Crippen LogP contribution is -2.24. The second-order valence-electron chi connectivity index (χ2n) is 5.71. The highest BCUT2D eigenvalue weighted by Gasteiger charge is 2.28. The van der Waals surface area contributed by atoms with Crippen LogP contribution in [0, 0.1) is 0 Å². The highest BCUT2D eigenvalue weighted by Crippen LogP contribution is 2.22. The molecule has 10 heteroatoms. The Balaban J connectivity index is 1.90. The molecule has 1 aliphatic rings. The van der Waals surface area contributed by atoms with Crippen LogP contribution in [0.4, 0.5) is 13.2 Å². The van der Waals surface area contributed by atoms with E-state index in [-0.39, 0.29) is 23.2 Å². The van der Waals surface area contributed by atoms with Gasteiger partial charge in [-0.3, -0.25) is 4.79 Å². The van der Waals surface area contributed by atoms with Crippen LogP contribution in [0.15, 0.2) is 40.2 Å². The van der Waals surface area contributed by atoms with Crippen molar-refractivity contribution < 1.29 is 22.6 Å². The first-order valence-corrected chi connectivity index (χ1v) is 8.20. The van der Waals surface area contributed by atoms with Gasteiger partial charge in [0.25, 0.3) is 5.56 Å². The monoisotopic (exact) mass is 382 g/mol. The summed E-state index contributed by atoms with van der Waals surface area (Å²) in [6.45, 7) is 1.20. The molecule has 0 radical (unpaired) electrons. The fraction of sp³-hybridized carbons (Fsp3) is 0.353. The highest BCUT2D eigenvalue weighted by atomic mass is 19.4. The second kappa shape index (κ2) is 7.68. The Hall–Kier alpha value is -3.04. The van der Waals surface area contributed by atoms with Crippen LogP contribution in [0.3, 0.4) is 0 Å². The number of hydrogen-bond donors (Lipinski definition) is 1. The Bertz CT molecular complexity index is 878. The zero-order chi connectivity index (χ0) is 19.4. The predicted molar refractivity (Wildman–Crippen MR) is 91.8 cm³/mol. The molecule has 27 heavy (non-hydrogen) atoms. The molecule has 0 saturated carbocycles. The van der Waals surface area contributed by atoms with Crippen LogP contribution in [0.2, 0.25) is 0 Å². The Kier molecular flexibility index (Phi) is 5.33. The third-order valence-corrected chi connectivity index (χ3v) is 3.72. The van der Waals surface area contributed by atoms with Crippen molar-refractivity contribution in [3.63, 3.8) is 0 Å². The van der Waals surface area contributed by atoms with Crippen LogP contribution in [0.5, 0.6) is 11.8 Å². The van der Waals surface area contributed by atoms with Gasteiger partial charge in [0.15, 0.2) is 6.61 Å². The zero-order valence-electron chi connectivity index (χ0n) is 14.4. The molecular weight excluding hydrogens is 365 g/mol. The maximum Gasteiger partial charge on any atom is 0.422 e. The third kappa shape index (κ3) is 4.57. The largest absolute Gasteiger partial charge is 0.484 e. The molecule has 1 aromatic heterocycles. The normalized spacial score (nSPS) is 16.2. The number of benzene rings is 1. The van der Waals surface area contributed by atoms with Crippen molar-refractivity contribution in [1.82, 2.24) is 15.0 Å². The summed E-state index contributed by atoms with van der Waals surface area (Å²) in [5.74, 6) is -0.0930. The lowest BCUT2D eigenvalue weighted by Gasteiger charge is -2.15. The summed E-state index contributed by atoms with van der Waals surface area (Å²) < 4.78 is 48.1. The molecule has 0 bridgehead atoms. The molecule has 0 aliphatic carbocycles.